The number of rotatable bonds is 3. The lowest BCUT2D eigenvalue weighted by atomic mass is 10.4. The molecule has 2 heterocycles. The molecule has 0 radical (unpaired) electrons. The second-order valence-electron chi connectivity index (χ2n) is 2.75. The molecule has 0 fully saturated rings. The van der Waals surface area contributed by atoms with E-state index in [0.717, 1.165) is 16.0 Å². The minimum Gasteiger partial charge on any atom is -0.330 e. The van der Waals surface area contributed by atoms with Crippen LogP contribution in [0.15, 0.2) is 22.1 Å². The molecule has 0 bridgehead atoms. The van der Waals surface area contributed by atoms with Crippen LogP contribution in [0.5, 0.6) is 0 Å². The first kappa shape index (κ1) is 10.3. The Morgan fingerprint density at radius 1 is 1.50 bits per heavy atom. The van der Waals surface area contributed by atoms with E-state index < -0.39 is 0 Å². The van der Waals surface area contributed by atoms with Crippen LogP contribution >= 0.6 is 38.6 Å². The minimum absolute atomic E-state index is 0.671. The average molecular weight is 289 g/mol. The Balaban J connectivity index is 2.33. The van der Waals surface area contributed by atoms with Gasteiger partial charge in [-0.3, -0.25) is 0 Å². The van der Waals surface area contributed by atoms with Gasteiger partial charge in [0.15, 0.2) is 0 Å². The molecule has 0 saturated heterocycles. The fraction of sp³-hybridized carbons (Fsp3) is 0.222. The molecule has 2 nitrogen and oxygen atoms in total. The van der Waals surface area contributed by atoms with Gasteiger partial charge in [0.25, 0.3) is 0 Å². The van der Waals surface area contributed by atoms with Crippen LogP contribution in [-0.4, -0.2) is 11.5 Å². The average Bonchev–Trinajstić information content (AvgIpc) is 2.76. The molecule has 2 aromatic heterocycles. The lowest BCUT2D eigenvalue weighted by molar-refractivity contribution is 0.977. The van der Waals surface area contributed by atoms with Gasteiger partial charge in [-0.25, -0.2) is 4.98 Å². The second kappa shape index (κ2) is 4.53. The van der Waals surface area contributed by atoms with E-state index in [1.807, 2.05) is 6.07 Å². The zero-order valence-corrected chi connectivity index (χ0v) is 10.6. The Hall–Kier alpha value is -0.230. The number of halogens is 1. The number of aromatic nitrogens is 1. The van der Waals surface area contributed by atoms with E-state index in [0.29, 0.717) is 6.54 Å². The molecule has 0 aromatic carbocycles. The van der Waals surface area contributed by atoms with Crippen molar-refractivity contribution in [1.82, 2.24) is 4.98 Å². The molecule has 5 heteroatoms. The highest BCUT2D eigenvalue weighted by Crippen LogP contribution is 2.33. The number of hydrogen-bond donors (Lipinski definition) is 1. The van der Waals surface area contributed by atoms with Gasteiger partial charge in [0, 0.05) is 4.88 Å². The predicted molar refractivity (Wildman–Crippen MR) is 65.9 cm³/mol. The molecule has 0 atom stereocenters. The van der Waals surface area contributed by atoms with Crippen LogP contribution in [0.25, 0.3) is 9.88 Å². The number of nitrogens with zero attached hydrogens (tertiary/aromatic N) is 1. The van der Waals surface area contributed by atoms with Gasteiger partial charge in [0.1, 0.15) is 9.61 Å². The van der Waals surface area contributed by atoms with E-state index in [2.05, 4.69) is 32.4 Å². The quantitative estimate of drug-likeness (QED) is 0.942. The smallest absolute Gasteiger partial charge is 0.134 e. The van der Waals surface area contributed by atoms with Crippen LogP contribution in [0.2, 0.25) is 0 Å². The van der Waals surface area contributed by atoms with Crippen LogP contribution in [0.3, 0.4) is 0 Å². The van der Waals surface area contributed by atoms with Gasteiger partial charge in [-0.05, 0) is 40.3 Å². The molecule has 0 amide bonds. The number of nitrogens with two attached hydrogens (primary N) is 1. The molecule has 2 rings (SSSR count). The third kappa shape index (κ3) is 2.06. The first-order chi connectivity index (χ1) is 6.81. The number of thiazole rings is 1. The van der Waals surface area contributed by atoms with Crippen molar-refractivity contribution in [2.45, 2.75) is 6.42 Å². The van der Waals surface area contributed by atoms with E-state index in [1.165, 1.54) is 9.75 Å². The van der Waals surface area contributed by atoms with Gasteiger partial charge in [0.2, 0.25) is 0 Å². The lowest BCUT2D eigenvalue weighted by Crippen LogP contribution is -2.01. The SMILES string of the molecule is NCCc1sc(-c2cccs2)nc1Br. The third-order valence-corrected chi connectivity index (χ3v) is 4.83. The summed E-state index contributed by atoms with van der Waals surface area (Å²) in [6.07, 6.45) is 0.892. The van der Waals surface area contributed by atoms with Crippen molar-refractivity contribution >= 4 is 38.6 Å². The number of thiophene rings is 1. The van der Waals surface area contributed by atoms with Crippen LogP contribution in [0.1, 0.15) is 4.88 Å². The molecule has 14 heavy (non-hydrogen) atoms. The summed E-state index contributed by atoms with van der Waals surface area (Å²) in [5, 5.41) is 3.14. The summed E-state index contributed by atoms with van der Waals surface area (Å²) in [6, 6.07) is 4.13. The fourth-order valence-electron chi connectivity index (χ4n) is 1.12. The van der Waals surface area contributed by atoms with Crippen molar-refractivity contribution in [2.24, 2.45) is 5.73 Å². The fourth-order valence-corrected chi connectivity index (χ4v) is 3.63. The van der Waals surface area contributed by atoms with Gasteiger partial charge in [-0.15, -0.1) is 22.7 Å². The first-order valence-corrected chi connectivity index (χ1v) is 6.69. The van der Waals surface area contributed by atoms with Crippen molar-refractivity contribution in [2.75, 3.05) is 6.54 Å². The predicted octanol–water partition coefficient (Wildman–Crippen LogP) is 3.14. The van der Waals surface area contributed by atoms with E-state index in [1.54, 1.807) is 22.7 Å². The highest BCUT2D eigenvalue weighted by atomic mass is 79.9. The van der Waals surface area contributed by atoms with Crippen molar-refractivity contribution in [1.29, 1.82) is 0 Å². The maximum atomic E-state index is 5.52. The summed E-state index contributed by atoms with van der Waals surface area (Å²) >= 11 is 6.88. The maximum Gasteiger partial charge on any atom is 0.134 e. The molecule has 2 N–H and O–H groups in total. The summed E-state index contributed by atoms with van der Waals surface area (Å²) in [7, 11) is 0. The molecule has 0 aliphatic carbocycles. The maximum absolute atomic E-state index is 5.52. The Labute approximate surface area is 98.9 Å². The lowest BCUT2D eigenvalue weighted by Gasteiger charge is -1.89. The van der Waals surface area contributed by atoms with Crippen molar-refractivity contribution in [3.8, 4) is 9.88 Å². The summed E-state index contributed by atoms with van der Waals surface area (Å²) < 4.78 is 0.941. The largest absolute Gasteiger partial charge is 0.330 e. The van der Waals surface area contributed by atoms with Crippen LogP contribution in [0, 0.1) is 0 Å². The molecule has 0 aliphatic rings. The van der Waals surface area contributed by atoms with Crippen molar-refractivity contribution < 1.29 is 0 Å². The number of hydrogen-bond acceptors (Lipinski definition) is 4. The molecule has 74 valence electrons. The van der Waals surface area contributed by atoms with Gasteiger partial charge < -0.3 is 5.73 Å². The van der Waals surface area contributed by atoms with Crippen molar-refractivity contribution in [3.05, 3.63) is 27.0 Å². The molecule has 0 saturated carbocycles. The molecular formula is C9H9BrN2S2. The molecule has 0 spiro atoms. The Kier molecular flexibility index (Phi) is 3.33. The summed E-state index contributed by atoms with van der Waals surface area (Å²) in [5.74, 6) is 0. The van der Waals surface area contributed by atoms with Gasteiger partial charge >= 0.3 is 0 Å². The highest BCUT2D eigenvalue weighted by molar-refractivity contribution is 9.10. The minimum atomic E-state index is 0.671. The second-order valence-corrected chi connectivity index (χ2v) is 5.53. The Morgan fingerprint density at radius 2 is 2.36 bits per heavy atom. The zero-order valence-electron chi connectivity index (χ0n) is 7.37. The molecule has 0 unspecified atom stereocenters. The monoisotopic (exact) mass is 288 g/mol. The third-order valence-electron chi connectivity index (χ3n) is 1.75. The standard InChI is InChI=1S/C9H9BrN2S2/c10-8-6(3-4-11)14-9(12-8)7-2-1-5-13-7/h1-2,5H,3-4,11H2. The molecule has 0 aliphatic heterocycles. The summed E-state index contributed by atoms with van der Waals surface area (Å²) in [4.78, 5) is 6.92. The first-order valence-electron chi connectivity index (χ1n) is 4.20. The summed E-state index contributed by atoms with van der Waals surface area (Å²) in [6.45, 7) is 0.671. The Bertz CT molecular complexity index is 408. The normalized spacial score (nSPS) is 10.7. The van der Waals surface area contributed by atoms with Crippen LogP contribution < -0.4 is 5.73 Å². The van der Waals surface area contributed by atoms with Crippen LogP contribution in [0.4, 0.5) is 0 Å². The van der Waals surface area contributed by atoms with Crippen molar-refractivity contribution in [3.63, 3.8) is 0 Å². The topological polar surface area (TPSA) is 38.9 Å². The summed E-state index contributed by atoms with van der Waals surface area (Å²) in [5.41, 5.74) is 5.52. The zero-order chi connectivity index (χ0) is 9.97. The van der Waals surface area contributed by atoms with Crippen LogP contribution in [-0.2, 0) is 6.42 Å². The van der Waals surface area contributed by atoms with Gasteiger partial charge in [0.05, 0.1) is 4.88 Å². The van der Waals surface area contributed by atoms with E-state index in [4.69, 9.17) is 5.73 Å². The highest BCUT2D eigenvalue weighted by Gasteiger charge is 2.09. The van der Waals surface area contributed by atoms with Gasteiger partial charge in [-0.2, -0.15) is 0 Å². The van der Waals surface area contributed by atoms with Gasteiger partial charge in [-0.1, -0.05) is 6.07 Å². The van der Waals surface area contributed by atoms with E-state index >= 15 is 0 Å². The Morgan fingerprint density at radius 3 is 3.00 bits per heavy atom. The molecule has 2 aromatic rings. The molecular weight excluding hydrogens is 280 g/mol. The van der Waals surface area contributed by atoms with E-state index in [9.17, 15) is 0 Å². The van der Waals surface area contributed by atoms with E-state index in [-0.39, 0.29) is 0 Å².